The summed E-state index contributed by atoms with van der Waals surface area (Å²) in [6, 6.07) is 4.86. The summed E-state index contributed by atoms with van der Waals surface area (Å²) in [7, 11) is 0. The third-order valence-electron chi connectivity index (χ3n) is 6.43. The van der Waals surface area contributed by atoms with Crippen molar-refractivity contribution in [2.24, 2.45) is 5.92 Å². The van der Waals surface area contributed by atoms with E-state index in [-0.39, 0.29) is 31.8 Å². The van der Waals surface area contributed by atoms with Crippen LogP contribution in [-0.2, 0) is 19.1 Å². The zero-order valence-electron chi connectivity index (χ0n) is 20.0. The first kappa shape index (κ1) is 25.0. The highest BCUT2D eigenvalue weighted by Crippen LogP contribution is 2.41. The maximum absolute atomic E-state index is 13.2. The second kappa shape index (κ2) is 12.0. The lowest BCUT2D eigenvalue weighted by Crippen LogP contribution is -2.45. The van der Waals surface area contributed by atoms with Gasteiger partial charge in [-0.15, -0.1) is 0 Å². The fourth-order valence-corrected chi connectivity index (χ4v) is 4.63. The third-order valence-corrected chi connectivity index (χ3v) is 6.43. The number of likely N-dealkylation sites (tertiary alicyclic amines) is 1. The topological polar surface area (TPSA) is 85.4 Å². The van der Waals surface area contributed by atoms with Gasteiger partial charge in [-0.3, -0.25) is 14.5 Å². The molecule has 182 valence electrons. The van der Waals surface area contributed by atoms with Crippen LogP contribution in [0.25, 0.3) is 0 Å². The summed E-state index contributed by atoms with van der Waals surface area (Å²) in [6.07, 6.45) is 4.68. The molecule has 8 heteroatoms. The van der Waals surface area contributed by atoms with Gasteiger partial charge >= 0.3 is 5.97 Å². The summed E-state index contributed by atoms with van der Waals surface area (Å²) in [6.45, 7) is 8.28. The molecule has 1 aromatic carbocycles. The van der Waals surface area contributed by atoms with E-state index < -0.39 is 17.9 Å². The summed E-state index contributed by atoms with van der Waals surface area (Å²) >= 11 is 0. The Kier molecular flexibility index (Phi) is 9.11. The molecule has 0 bridgehead atoms. The van der Waals surface area contributed by atoms with E-state index in [4.69, 9.17) is 14.2 Å². The Bertz CT molecular complexity index is 821. The lowest BCUT2D eigenvalue weighted by Gasteiger charge is -2.27. The minimum atomic E-state index is -0.720. The van der Waals surface area contributed by atoms with Crippen LogP contribution in [0.2, 0.25) is 0 Å². The first-order chi connectivity index (χ1) is 16.0. The first-order valence-corrected chi connectivity index (χ1v) is 12.1. The maximum Gasteiger partial charge on any atom is 0.311 e. The number of benzene rings is 1. The molecule has 1 saturated heterocycles. The van der Waals surface area contributed by atoms with Crippen LogP contribution in [0.4, 0.5) is 0 Å². The number of rotatable bonds is 12. The van der Waals surface area contributed by atoms with Crippen molar-refractivity contribution in [1.82, 2.24) is 9.80 Å². The van der Waals surface area contributed by atoms with Crippen molar-refractivity contribution in [2.75, 3.05) is 39.6 Å². The molecule has 0 N–H and O–H groups in total. The maximum atomic E-state index is 13.2. The Labute approximate surface area is 196 Å². The van der Waals surface area contributed by atoms with Gasteiger partial charge in [0.2, 0.25) is 12.7 Å². The van der Waals surface area contributed by atoms with Crippen LogP contribution >= 0.6 is 0 Å². The molecule has 0 aliphatic carbocycles. The highest BCUT2D eigenvalue weighted by molar-refractivity contribution is 5.83. The van der Waals surface area contributed by atoms with E-state index in [0.717, 1.165) is 37.5 Å². The van der Waals surface area contributed by atoms with E-state index >= 15 is 0 Å². The molecule has 2 heterocycles. The van der Waals surface area contributed by atoms with Crippen LogP contribution in [0.15, 0.2) is 18.2 Å². The van der Waals surface area contributed by atoms with Crippen LogP contribution in [0, 0.1) is 5.92 Å². The molecule has 0 spiro atoms. The monoisotopic (exact) mass is 460 g/mol. The molecule has 1 aromatic rings. The van der Waals surface area contributed by atoms with E-state index in [2.05, 4.69) is 13.8 Å². The van der Waals surface area contributed by atoms with Gasteiger partial charge in [0, 0.05) is 25.6 Å². The van der Waals surface area contributed by atoms with Crippen molar-refractivity contribution >= 4 is 18.2 Å². The van der Waals surface area contributed by atoms with Crippen molar-refractivity contribution in [2.45, 2.75) is 58.4 Å². The van der Waals surface area contributed by atoms with E-state index in [1.54, 1.807) is 6.92 Å². The zero-order chi connectivity index (χ0) is 23.8. The highest BCUT2D eigenvalue weighted by atomic mass is 16.7. The fraction of sp³-hybridized carbons (Fsp3) is 0.640. The number of aldehydes is 1. The minimum Gasteiger partial charge on any atom is -0.466 e. The molecule has 1 fully saturated rings. The van der Waals surface area contributed by atoms with Crippen LogP contribution < -0.4 is 9.47 Å². The minimum absolute atomic E-state index is 0.00213. The summed E-state index contributed by atoms with van der Waals surface area (Å²) in [5.41, 5.74) is 0.868. The van der Waals surface area contributed by atoms with Gasteiger partial charge in [0.05, 0.1) is 25.1 Å². The number of amides is 1. The average Bonchev–Trinajstić information content (AvgIpc) is 3.43. The largest absolute Gasteiger partial charge is 0.466 e. The quantitative estimate of drug-likeness (QED) is 0.350. The normalized spacial score (nSPS) is 21.7. The summed E-state index contributed by atoms with van der Waals surface area (Å²) in [5.74, 6) is -0.112. The van der Waals surface area contributed by atoms with E-state index in [1.165, 1.54) is 0 Å². The number of fused-ring (bicyclic) bond motifs is 1. The predicted octanol–water partition coefficient (Wildman–Crippen LogP) is 2.99. The first-order valence-electron chi connectivity index (χ1n) is 12.1. The molecule has 2 aliphatic heterocycles. The Morgan fingerprint density at radius 1 is 1.12 bits per heavy atom. The molecule has 2 aliphatic rings. The van der Waals surface area contributed by atoms with Crippen molar-refractivity contribution in [1.29, 1.82) is 0 Å². The Morgan fingerprint density at radius 3 is 2.45 bits per heavy atom. The SMILES string of the molecule is CCCCN(CCCC)C(=O)CN1C[C@H](c2ccc3c(c2)OCO3)[C@H](C(=O)OCC)[C@H]1C=O. The lowest BCUT2D eigenvalue weighted by atomic mass is 9.85. The van der Waals surface area contributed by atoms with E-state index in [9.17, 15) is 14.4 Å². The third kappa shape index (κ3) is 5.85. The molecule has 1 amide bonds. The second-order valence-electron chi connectivity index (χ2n) is 8.64. The van der Waals surface area contributed by atoms with Gasteiger partial charge < -0.3 is 23.9 Å². The number of nitrogens with zero attached hydrogens (tertiary/aromatic N) is 2. The number of hydrogen-bond donors (Lipinski definition) is 0. The molecule has 8 nitrogen and oxygen atoms in total. The fourth-order valence-electron chi connectivity index (χ4n) is 4.63. The van der Waals surface area contributed by atoms with Gasteiger partial charge in [-0.1, -0.05) is 32.8 Å². The zero-order valence-corrected chi connectivity index (χ0v) is 20.0. The van der Waals surface area contributed by atoms with Crippen LogP contribution in [-0.4, -0.2) is 73.6 Å². The van der Waals surface area contributed by atoms with Gasteiger partial charge in [0.1, 0.15) is 6.29 Å². The molecule has 33 heavy (non-hydrogen) atoms. The molecular formula is C25H36N2O6. The van der Waals surface area contributed by atoms with Crippen molar-refractivity contribution < 1.29 is 28.6 Å². The predicted molar refractivity (Wildman–Crippen MR) is 123 cm³/mol. The molecule has 0 saturated carbocycles. The van der Waals surface area contributed by atoms with Crippen LogP contribution in [0.1, 0.15) is 57.9 Å². The van der Waals surface area contributed by atoms with Gasteiger partial charge in [-0.05, 0) is 37.5 Å². The standard InChI is InChI=1S/C25H36N2O6/c1-4-7-11-26(12-8-5-2)23(29)15-27-14-19(24(20(27)16-28)25(30)31-6-3)18-9-10-21-22(13-18)33-17-32-21/h9-10,13,16,19-20,24H,4-8,11-12,14-15,17H2,1-3H3/t19-,20-,24+/m1/s1. The number of esters is 1. The highest BCUT2D eigenvalue weighted by Gasteiger charge is 2.48. The molecule has 3 atom stereocenters. The van der Waals surface area contributed by atoms with Gasteiger partial charge in [0.25, 0.3) is 0 Å². The van der Waals surface area contributed by atoms with Crippen molar-refractivity contribution in [3.63, 3.8) is 0 Å². The summed E-state index contributed by atoms with van der Waals surface area (Å²) in [5, 5.41) is 0. The summed E-state index contributed by atoms with van der Waals surface area (Å²) < 4.78 is 16.2. The van der Waals surface area contributed by atoms with E-state index in [0.29, 0.717) is 31.1 Å². The number of hydrogen-bond acceptors (Lipinski definition) is 7. The number of carbonyl (C=O) groups is 3. The molecule has 0 radical (unpaired) electrons. The Hall–Kier alpha value is -2.61. The van der Waals surface area contributed by atoms with Crippen molar-refractivity contribution in [3.8, 4) is 11.5 Å². The van der Waals surface area contributed by atoms with Crippen molar-refractivity contribution in [3.05, 3.63) is 23.8 Å². The lowest BCUT2D eigenvalue weighted by molar-refractivity contribution is -0.150. The molecule has 0 aromatic heterocycles. The number of carbonyl (C=O) groups excluding carboxylic acids is 3. The molecule has 0 unspecified atom stereocenters. The van der Waals surface area contributed by atoms with Crippen LogP contribution in [0.3, 0.4) is 0 Å². The van der Waals surface area contributed by atoms with Gasteiger partial charge in [-0.2, -0.15) is 0 Å². The van der Waals surface area contributed by atoms with E-state index in [1.807, 2.05) is 28.0 Å². The molecule has 3 rings (SSSR count). The second-order valence-corrected chi connectivity index (χ2v) is 8.64. The Balaban J connectivity index is 1.83. The summed E-state index contributed by atoms with van der Waals surface area (Å²) in [4.78, 5) is 42.0. The average molecular weight is 461 g/mol. The Morgan fingerprint density at radius 2 is 1.82 bits per heavy atom. The van der Waals surface area contributed by atoms with Gasteiger partial charge in [0.15, 0.2) is 11.5 Å². The molecular weight excluding hydrogens is 424 g/mol. The smallest absolute Gasteiger partial charge is 0.311 e. The number of unbranched alkanes of at least 4 members (excludes halogenated alkanes) is 2. The number of ether oxygens (including phenoxy) is 3. The van der Waals surface area contributed by atoms with Crippen LogP contribution in [0.5, 0.6) is 11.5 Å². The van der Waals surface area contributed by atoms with Gasteiger partial charge in [-0.25, -0.2) is 0 Å².